The normalized spacial score (nSPS) is 15.8. The molecule has 1 N–H and O–H groups in total. The Bertz CT molecular complexity index is 598. The minimum absolute atomic E-state index is 0.822. The number of aryl methyl sites for hydroxylation is 1. The summed E-state index contributed by atoms with van der Waals surface area (Å²) in [5, 5.41) is 7.36. The Morgan fingerprint density at radius 1 is 1.10 bits per heavy atom. The van der Waals surface area contributed by atoms with Crippen LogP contribution in [0.3, 0.4) is 0 Å². The molecule has 0 amide bonds. The van der Waals surface area contributed by atoms with Gasteiger partial charge in [0.05, 0.1) is 11.9 Å². The first-order valence-corrected chi connectivity index (χ1v) is 7.57. The van der Waals surface area contributed by atoms with Gasteiger partial charge in [-0.25, -0.2) is 4.98 Å². The van der Waals surface area contributed by atoms with E-state index in [0.717, 1.165) is 36.1 Å². The van der Waals surface area contributed by atoms with Crippen LogP contribution in [0.4, 0.5) is 11.8 Å². The maximum atomic E-state index is 4.75. The molecule has 0 spiro atoms. The zero-order valence-corrected chi connectivity index (χ0v) is 12.7. The van der Waals surface area contributed by atoms with Crippen LogP contribution in [-0.2, 0) is 7.05 Å². The molecule has 1 aliphatic heterocycles. The number of aromatic nitrogens is 4. The first-order valence-electron chi connectivity index (χ1n) is 7.57. The molecule has 21 heavy (non-hydrogen) atoms. The van der Waals surface area contributed by atoms with Gasteiger partial charge < -0.3 is 10.2 Å². The molecule has 6 nitrogen and oxygen atoms in total. The molecule has 2 aromatic rings. The summed E-state index contributed by atoms with van der Waals surface area (Å²) in [6.07, 6.45) is 8.86. The minimum atomic E-state index is 0.822. The smallest absolute Gasteiger partial charge is 0.227 e. The molecule has 0 radical (unpaired) electrons. The van der Waals surface area contributed by atoms with Gasteiger partial charge in [-0.3, -0.25) is 4.68 Å². The predicted molar refractivity (Wildman–Crippen MR) is 84.5 cm³/mol. The van der Waals surface area contributed by atoms with E-state index >= 15 is 0 Å². The van der Waals surface area contributed by atoms with Gasteiger partial charge in [0.2, 0.25) is 5.95 Å². The highest BCUT2D eigenvalue weighted by molar-refractivity contribution is 5.63. The van der Waals surface area contributed by atoms with Crippen molar-refractivity contribution in [3.05, 3.63) is 18.5 Å². The highest BCUT2D eigenvalue weighted by Crippen LogP contribution is 2.23. The molecule has 0 bridgehead atoms. The van der Waals surface area contributed by atoms with Gasteiger partial charge in [-0.15, -0.1) is 0 Å². The van der Waals surface area contributed by atoms with Crippen molar-refractivity contribution in [3.8, 4) is 11.3 Å². The largest absolute Gasteiger partial charge is 0.373 e. The van der Waals surface area contributed by atoms with Crippen molar-refractivity contribution < 1.29 is 0 Å². The van der Waals surface area contributed by atoms with Crippen molar-refractivity contribution in [2.24, 2.45) is 7.05 Å². The average molecular weight is 286 g/mol. The molecule has 6 heteroatoms. The molecule has 0 unspecified atom stereocenters. The Hall–Kier alpha value is -2.11. The number of rotatable bonds is 3. The van der Waals surface area contributed by atoms with E-state index in [2.05, 4.69) is 20.3 Å². The fraction of sp³-hybridized carbons (Fsp3) is 0.533. The van der Waals surface area contributed by atoms with Crippen LogP contribution in [0.25, 0.3) is 11.3 Å². The number of anilines is 2. The summed E-state index contributed by atoms with van der Waals surface area (Å²) in [6.45, 7) is 2.08. The lowest BCUT2D eigenvalue weighted by molar-refractivity contribution is 0.726. The van der Waals surface area contributed by atoms with E-state index in [1.54, 1.807) is 4.68 Å². The molecule has 0 atom stereocenters. The molecule has 3 heterocycles. The molecule has 0 aliphatic carbocycles. The quantitative estimate of drug-likeness (QED) is 0.938. The Labute approximate surface area is 125 Å². The Balaban J connectivity index is 1.96. The fourth-order valence-electron chi connectivity index (χ4n) is 2.68. The van der Waals surface area contributed by atoms with Crippen LogP contribution in [0.1, 0.15) is 25.7 Å². The standard InChI is InChI=1S/C15H22N6/c1-16-14-9-13(12-10-17-20(2)11-12)18-15(19-14)21-7-5-3-4-6-8-21/h9-11H,3-8H2,1-2H3,(H,16,18,19). The van der Waals surface area contributed by atoms with Crippen molar-refractivity contribution in [1.29, 1.82) is 0 Å². The van der Waals surface area contributed by atoms with E-state index in [1.807, 2.05) is 32.6 Å². The van der Waals surface area contributed by atoms with Crippen molar-refractivity contribution in [3.63, 3.8) is 0 Å². The summed E-state index contributed by atoms with van der Waals surface area (Å²) >= 11 is 0. The fourth-order valence-corrected chi connectivity index (χ4v) is 2.68. The van der Waals surface area contributed by atoms with Crippen LogP contribution >= 0.6 is 0 Å². The van der Waals surface area contributed by atoms with Crippen LogP contribution in [-0.4, -0.2) is 39.9 Å². The number of hydrogen-bond donors (Lipinski definition) is 1. The topological polar surface area (TPSA) is 58.9 Å². The third kappa shape index (κ3) is 3.15. The van der Waals surface area contributed by atoms with E-state index in [0.29, 0.717) is 0 Å². The highest BCUT2D eigenvalue weighted by Gasteiger charge is 2.15. The van der Waals surface area contributed by atoms with Gasteiger partial charge in [-0.1, -0.05) is 12.8 Å². The number of nitrogens with zero attached hydrogens (tertiary/aromatic N) is 5. The van der Waals surface area contributed by atoms with E-state index in [1.165, 1.54) is 25.7 Å². The first-order chi connectivity index (χ1) is 10.3. The maximum Gasteiger partial charge on any atom is 0.227 e. The molecule has 1 fully saturated rings. The molecule has 0 aromatic carbocycles. The van der Waals surface area contributed by atoms with E-state index in [4.69, 9.17) is 4.98 Å². The van der Waals surface area contributed by atoms with Crippen LogP contribution in [0, 0.1) is 0 Å². The molecular weight excluding hydrogens is 264 g/mol. The van der Waals surface area contributed by atoms with Crippen molar-refractivity contribution in [1.82, 2.24) is 19.7 Å². The summed E-state index contributed by atoms with van der Waals surface area (Å²) in [4.78, 5) is 11.7. The van der Waals surface area contributed by atoms with E-state index < -0.39 is 0 Å². The summed E-state index contributed by atoms with van der Waals surface area (Å²) < 4.78 is 1.79. The molecular formula is C15H22N6. The summed E-state index contributed by atoms with van der Waals surface area (Å²) in [6, 6.07) is 1.97. The lowest BCUT2D eigenvalue weighted by Crippen LogP contribution is -2.26. The molecule has 112 valence electrons. The third-order valence-electron chi connectivity index (χ3n) is 3.86. The van der Waals surface area contributed by atoms with Crippen molar-refractivity contribution in [2.75, 3.05) is 30.4 Å². The molecule has 3 rings (SSSR count). The van der Waals surface area contributed by atoms with Gasteiger partial charge in [-0.2, -0.15) is 10.1 Å². The number of hydrogen-bond acceptors (Lipinski definition) is 5. The SMILES string of the molecule is CNc1cc(-c2cnn(C)c2)nc(N2CCCCCC2)n1. The van der Waals surface area contributed by atoms with Crippen LogP contribution in [0.5, 0.6) is 0 Å². The van der Waals surface area contributed by atoms with Gasteiger partial charge in [0.1, 0.15) is 5.82 Å². The van der Waals surface area contributed by atoms with Crippen LogP contribution in [0.15, 0.2) is 18.5 Å². The monoisotopic (exact) mass is 286 g/mol. The first kappa shape index (κ1) is 13.9. The van der Waals surface area contributed by atoms with Gasteiger partial charge in [0.25, 0.3) is 0 Å². The second-order valence-corrected chi connectivity index (χ2v) is 5.49. The maximum absolute atomic E-state index is 4.75. The lowest BCUT2D eigenvalue weighted by atomic mass is 10.2. The summed E-state index contributed by atoms with van der Waals surface area (Å²) in [7, 11) is 3.81. The van der Waals surface area contributed by atoms with E-state index in [9.17, 15) is 0 Å². The van der Waals surface area contributed by atoms with E-state index in [-0.39, 0.29) is 0 Å². The summed E-state index contributed by atoms with van der Waals surface area (Å²) in [5.41, 5.74) is 1.94. The number of nitrogens with one attached hydrogen (secondary N) is 1. The Kier molecular flexibility index (Phi) is 4.03. The molecule has 2 aromatic heterocycles. The van der Waals surface area contributed by atoms with Crippen molar-refractivity contribution >= 4 is 11.8 Å². The zero-order chi connectivity index (χ0) is 14.7. The van der Waals surface area contributed by atoms with Crippen molar-refractivity contribution in [2.45, 2.75) is 25.7 Å². The average Bonchev–Trinajstić information content (AvgIpc) is 2.77. The highest BCUT2D eigenvalue weighted by atomic mass is 15.3. The Morgan fingerprint density at radius 3 is 2.48 bits per heavy atom. The lowest BCUT2D eigenvalue weighted by Gasteiger charge is -2.21. The molecule has 1 aliphatic rings. The summed E-state index contributed by atoms with van der Waals surface area (Å²) in [5.74, 6) is 1.67. The second-order valence-electron chi connectivity index (χ2n) is 5.49. The Morgan fingerprint density at radius 2 is 1.86 bits per heavy atom. The second kappa shape index (κ2) is 6.11. The van der Waals surface area contributed by atoms with Gasteiger partial charge in [0, 0.05) is 45.0 Å². The minimum Gasteiger partial charge on any atom is -0.373 e. The predicted octanol–water partition coefficient (Wildman–Crippen LogP) is 2.30. The van der Waals surface area contributed by atoms with Crippen LogP contribution in [0.2, 0.25) is 0 Å². The van der Waals surface area contributed by atoms with Gasteiger partial charge in [0.15, 0.2) is 0 Å². The van der Waals surface area contributed by atoms with Gasteiger partial charge >= 0.3 is 0 Å². The molecule has 1 saturated heterocycles. The molecule has 0 saturated carbocycles. The van der Waals surface area contributed by atoms with Gasteiger partial charge in [-0.05, 0) is 12.8 Å². The zero-order valence-electron chi connectivity index (χ0n) is 12.7. The third-order valence-corrected chi connectivity index (χ3v) is 3.86. The van der Waals surface area contributed by atoms with Crippen LogP contribution < -0.4 is 10.2 Å².